The van der Waals surface area contributed by atoms with Gasteiger partial charge in [-0.15, -0.1) is 0 Å². The van der Waals surface area contributed by atoms with E-state index >= 15 is 0 Å². The number of nitrogens with one attached hydrogen (secondary N) is 1. The number of sulfonamides is 1. The Morgan fingerprint density at radius 1 is 1.00 bits per heavy atom. The third-order valence-corrected chi connectivity index (χ3v) is 6.23. The van der Waals surface area contributed by atoms with E-state index in [1.807, 2.05) is 6.07 Å². The van der Waals surface area contributed by atoms with Gasteiger partial charge in [0.05, 0.1) is 25.7 Å². The van der Waals surface area contributed by atoms with Crippen molar-refractivity contribution in [2.45, 2.75) is 50.0 Å². The van der Waals surface area contributed by atoms with Gasteiger partial charge in [-0.25, -0.2) is 8.42 Å². The highest BCUT2D eigenvalue weighted by Crippen LogP contribution is 2.24. The van der Waals surface area contributed by atoms with E-state index in [4.69, 9.17) is 4.74 Å². The number of ether oxygens (including phenoxy) is 3. The number of rotatable bonds is 12. The molecule has 0 spiro atoms. The summed E-state index contributed by atoms with van der Waals surface area (Å²) in [5, 5.41) is 1.55. The van der Waals surface area contributed by atoms with Gasteiger partial charge in [0.1, 0.15) is 11.8 Å². The van der Waals surface area contributed by atoms with E-state index in [-0.39, 0.29) is 17.7 Å². The summed E-state index contributed by atoms with van der Waals surface area (Å²) < 4.78 is 42.9. The lowest BCUT2D eigenvalue weighted by Crippen LogP contribution is -2.41. The minimum atomic E-state index is -4.03. The Bertz CT molecular complexity index is 1000. The minimum Gasteiger partial charge on any atom is -0.494 e. The zero-order chi connectivity index (χ0) is 22.9. The predicted molar refractivity (Wildman–Crippen MR) is 116 cm³/mol. The highest BCUT2D eigenvalue weighted by molar-refractivity contribution is 7.89. The molecular formula is C22H29NO7S. The van der Waals surface area contributed by atoms with E-state index in [0.29, 0.717) is 12.0 Å². The van der Waals surface area contributed by atoms with Crippen LogP contribution in [0.4, 0.5) is 0 Å². The van der Waals surface area contributed by atoms with Crippen molar-refractivity contribution in [3.05, 3.63) is 36.4 Å². The molecule has 0 fully saturated rings. The molecule has 0 unspecified atom stereocenters. The maximum Gasteiger partial charge on any atom is 0.323 e. The zero-order valence-corrected chi connectivity index (χ0v) is 18.9. The molecule has 9 heteroatoms. The summed E-state index contributed by atoms with van der Waals surface area (Å²) in [5.41, 5.74) is 0. The van der Waals surface area contributed by atoms with E-state index in [1.54, 1.807) is 18.2 Å². The van der Waals surface area contributed by atoms with Gasteiger partial charge >= 0.3 is 11.9 Å². The van der Waals surface area contributed by atoms with Gasteiger partial charge in [-0.05, 0) is 47.9 Å². The number of hydrogen-bond acceptors (Lipinski definition) is 7. The van der Waals surface area contributed by atoms with Gasteiger partial charge in [0.2, 0.25) is 10.0 Å². The van der Waals surface area contributed by atoms with E-state index in [0.717, 1.165) is 37.5 Å². The van der Waals surface area contributed by atoms with Crippen LogP contribution in [0.2, 0.25) is 0 Å². The Morgan fingerprint density at radius 2 is 1.71 bits per heavy atom. The highest BCUT2D eigenvalue weighted by Gasteiger charge is 2.27. The van der Waals surface area contributed by atoms with E-state index in [2.05, 4.69) is 21.1 Å². The fourth-order valence-electron chi connectivity index (χ4n) is 2.99. The normalized spacial score (nSPS) is 12.4. The van der Waals surface area contributed by atoms with Crippen LogP contribution in [-0.4, -0.2) is 47.2 Å². The summed E-state index contributed by atoms with van der Waals surface area (Å²) >= 11 is 0. The van der Waals surface area contributed by atoms with Gasteiger partial charge < -0.3 is 14.2 Å². The molecular weight excluding hydrogens is 422 g/mol. The molecule has 170 valence electrons. The third-order valence-electron chi connectivity index (χ3n) is 4.76. The molecule has 2 aromatic carbocycles. The van der Waals surface area contributed by atoms with Gasteiger partial charge in [-0.1, -0.05) is 31.9 Å². The summed E-state index contributed by atoms with van der Waals surface area (Å²) in [6.45, 7) is 2.76. The van der Waals surface area contributed by atoms with Crippen LogP contribution in [0.15, 0.2) is 41.3 Å². The van der Waals surface area contributed by atoms with Crippen LogP contribution in [0.5, 0.6) is 5.75 Å². The fraction of sp³-hybridized carbons (Fsp3) is 0.455. The monoisotopic (exact) mass is 451 g/mol. The van der Waals surface area contributed by atoms with Crippen molar-refractivity contribution >= 4 is 32.7 Å². The van der Waals surface area contributed by atoms with Crippen LogP contribution in [0, 0.1) is 0 Å². The second kappa shape index (κ2) is 11.7. The van der Waals surface area contributed by atoms with Crippen LogP contribution in [0.1, 0.15) is 39.0 Å². The second-order valence-electron chi connectivity index (χ2n) is 7.04. The van der Waals surface area contributed by atoms with Gasteiger partial charge in [0.15, 0.2) is 0 Å². The van der Waals surface area contributed by atoms with Crippen molar-refractivity contribution < 1.29 is 32.2 Å². The van der Waals surface area contributed by atoms with Gasteiger partial charge in [0.25, 0.3) is 0 Å². The summed E-state index contributed by atoms with van der Waals surface area (Å²) in [5.74, 6) is -0.601. The molecule has 0 aromatic heterocycles. The molecule has 2 aromatic rings. The topological polar surface area (TPSA) is 108 Å². The first-order valence-corrected chi connectivity index (χ1v) is 11.6. The molecule has 0 bridgehead atoms. The maximum atomic E-state index is 12.8. The number of fused-ring (bicyclic) bond motifs is 1. The molecule has 8 nitrogen and oxygen atoms in total. The van der Waals surface area contributed by atoms with Crippen LogP contribution < -0.4 is 9.46 Å². The van der Waals surface area contributed by atoms with Crippen LogP contribution >= 0.6 is 0 Å². The fourth-order valence-corrected chi connectivity index (χ4v) is 4.24. The summed E-state index contributed by atoms with van der Waals surface area (Å²) in [6.07, 6.45) is 3.00. The smallest absolute Gasteiger partial charge is 0.323 e. The van der Waals surface area contributed by atoms with Gasteiger partial charge in [-0.2, -0.15) is 4.72 Å². The Kier molecular flexibility index (Phi) is 9.26. The summed E-state index contributed by atoms with van der Waals surface area (Å²) in [4.78, 5) is 23.4. The Hall–Kier alpha value is -2.65. The first-order chi connectivity index (χ1) is 14.8. The number of esters is 2. The van der Waals surface area contributed by atoms with Crippen LogP contribution in [0.25, 0.3) is 10.8 Å². The Balaban J connectivity index is 2.17. The number of carbonyl (C=O) groups is 2. The zero-order valence-electron chi connectivity index (χ0n) is 18.1. The third kappa shape index (κ3) is 7.22. The van der Waals surface area contributed by atoms with E-state index in [9.17, 15) is 18.0 Å². The number of hydrogen-bond donors (Lipinski definition) is 1. The van der Waals surface area contributed by atoms with Gasteiger partial charge in [-0.3, -0.25) is 9.59 Å². The molecule has 31 heavy (non-hydrogen) atoms. The van der Waals surface area contributed by atoms with Crippen molar-refractivity contribution in [1.82, 2.24) is 4.72 Å². The molecule has 0 aliphatic carbocycles. The van der Waals surface area contributed by atoms with Crippen LogP contribution in [-0.2, 0) is 29.1 Å². The average Bonchev–Trinajstić information content (AvgIpc) is 2.78. The lowest BCUT2D eigenvalue weighted by atomic mass is 10.1. The van der Waals surface area contributed by atoms with E-state index < -0.39 is 28.0 Å². The standard InChI is InChI=1S/C22H29NO7S/c1-4-5-6-13-30-18-9-7-17-15-19(10-8-16(17)14-18)31(26,27)23-20(22(25)29-3)11-12-21(24)28-2/h7-10,14-15,20,23H,4-6,11-13H2,1-3H3/t20-/m1/s1. The molecule has 1 N–H and O–H groups in total. The van der Waals surface area contributed by atoms with Crippen molar-refractivity contribution in [1.29, 1.82) is 0 Å². The molecule has 0 radical (unpaired) electrons. The van der Waals surface area contributed by atoms with Crippen LogP contribution in [0.3, 0.4) is 0 Å². The highest BCUT2D eigenvalue weighted by atomic mass is 32.2. The molecule has 0 aliphatic heterocycles. The van der Waals surface area contributed by atoms with E-state index in [1.165, 1.54) is 19.2 Å². The minimum absolute atomic E-state index is 0.00332. The lowest BCUT2D eigenvalue weighted by Gasteiger charge is -2.16. The molecule has 0 amide bonds. The lowest BCUT2D eigenvalue weighted by molar-refractivity contribution is -0.144. The van der Waals surface area contributed by atoms with Crippen molar-refractivity contribution in [2.75, 3.05) is 20.8 Å². The number of unbranched alkanes of at least 4 members (excludes halogenated alkanes) is 2. The molecule has 2 rings (SSSR count). The number of benzene rings is 2. The Morgan fingerprint density at radius 3 is 2.39 bits per heavy atom. The molecule has 0 saturated carbocycles. The largest absolute Gasteiger partial charge is 0.494 e. The number of methoxy groups -OCH3 is 2. The van der Waals surface area contributed by atoms with Crippen molar-refractivity contribution in [3.63, 3.8) is 0 Å². The number of carbonyl (C=O) groups excluding carboxylic acids is 2. The predicted octanol–water partition coefficient (Wildman–Crippen LogP) is 3.18. The second-order valence-corrected chi connectivity index (χ2v) is 8.75. The van der Waals surface area contributed by atoms with Crippen molar-refractivity contribution in [2.24, 2.45) is 0 Å². The van der Waals surface area contributed by atoms with Gasteiger partial charge in [0, 0.05) is 6.42 Å². The summed E-state index contributed by atoms with van der Waals surface area (Å²) in [7, 11) is -1.65. The first kappa shape index (κ1) is 24.6. The Labute approximate surface area is 182 Å². The summed E-state index contributed by atoms with van der Waals surface area (Å²) in [6, 6.07) is 8.91. The quantitative estimate of drug-likeness (QED) is 0.390. The maximum absolute atomic E-state index is 12.8. The molecule has 0 saturated heterocycles. The molecule has 0 aliphatic rings. The molecule has 1 atom stereocenters. The first-order valence-electron chi connectivity index (χ1n) is 10.1. The SMILES string of the molecule is CCCCCOc1ccc2cc(S(=O)(=O)N[C@H](CCC(=O)OC)C(=O)OC)ccc2c1. The average molecular weight is 452 g/mol. The molecule has 0 heterocycles. The van der Waals surface area contributed by atoms with Crippen molar-refractivity contribution in [3.8, 4) is 5.75 Å².